The van der Waals surface area contributed by atoms with Crippen molar-refractivity contribution < 1.29 is 18.1 Å². The highest BCUT2D eigenvalue weighted by molar-refractivity contribution is 5.54. The van der Waals surface area contributed by atoms with Gasteiger partial charge in [0.25, 0.3) is 5.82 Å². The molecule has 2 unspecified atom stereocenters. The summed E-state index contributed by atoms with van der Waals surface area (Å²) in [6.07, 6.45) is 12.8. The minimum atomic E-state index is -0.269. The third-order valence-electron chi connectivity index (χ3n) is 7.82. The molecule has 5 aromatic rings. The van der Waals surface area contributed by atoms with E-state index in [-0.39, 0.29) is 17.4 Å². The third-order valence-corrected chi connectivity index (χ3v) is 7.82. The fourth-order valence-corrected chi connectivity index (χ4v) is 6.35. The molecule has 5 heteroatoms. The summed E-state index contributed by atoms with van der Waals surface area (Å²) in [5.41, 5.74) is 6.16. The summed E-state index contributed by atoms with van der Waals surface area (Å²) in [5, 5.41) is 0. The number of hydrogen-bond acceptors (Lipinski definition) is 3. The molecular formula is C29H25N2O3+. The molecule has 0 amide bonds. The Morgan fingerprint density at radius 3 is 2.29 bits per heavy atom. The van der Waals surface area contributed by atoms with Crippen LogP contribution in [-0.2, 0) is 12.0 Å². The van der Waals surface area contributed by atoms with E-state index in [2.05, 4.69) is 70.1 Å². The van der Waals surface area contributed by atoms with Gasteiger partial charge in [0.2, 0.25) is 0 Å². The van der Waals surface area contributed by atoms with Gasteiger partial charge in [-0.15, -0.1) is 0 Å². The maximum absolute atomic E-state index is 5.65. The molecular weight excluding hydrogens is 424 g/mol. The summed E-state index contributed by atoms with van der Waals surface area (Å²) in [6.45, 7) is 0.796. The molecule has 0 N–H and O–H groups in total. The maximum Gasteiger partial charge on any atom is 0.266 e. The number of aromatic nitrogens is 2. The summed E-state index contributed by atoms with van der Waals surface area (Å²) in [6, 6.07) is 21.7. The lowest BCUT2D eigenvalue weighted by Gasteiger charge is -2.49. The minimum absolute atomic E-state index is 0.122. The topological polar surface area (TPSA) is 44.3 Å². The standard InChI is InChI=1S/C29H25N2O3/c1-32-23-8-6-20(7-9-23)17-30-12-13-31-26-16-29(21-10-14-33-18-21,22-11-15-34-19-22)27(28(30)31)25-5-3-2-4-24(25)26/h2-15,18-19,26-27H,16-17H2,1H3/q+1. The first-order chi connectivity index (χ1) is 16.8. The van der Waals surface area contributed by atoms with Crippen LogP contribution in [0.1, 0.15) is 52.0 Å². The van der Waals surface area contributed by atoms with E-state index in [4.69, 9.17) is 13.6 Å². The van der Waals surface area contributed by atoms with Gasteiger partial charge in [-0.05, 0) is 35.4 Å². The normalized spacial score (nSPS) is 19.6. The number of benzene rings is 2. The van der Waals surface area contributed by atoms with E-state index in [1.807, 2.05) is 24.7 Å². The van der Waals surface area contributed by atoms with Crippen molar-refractivity contribution in [3.63, 3.8) is 0 Å². The molecule has 168 valence electrons. The van der Waals surface area contributed by atoms with Crippen LogP contribution < -0.4 is 9.30 Å². The van der Waals surface area contributed by atoms with Crippen LogP contribution in [0.4, 0.5) is 0 Å². The first-order valence-electron chi connectivity index (χ1n) is 11.7. The lowest BCUT2D eigenvalue weighted by molar-refractivity contribution is -0.697. The van der Waals surface area contributed by atoms with Crippen molar-refractivity contribution in [1.29, 1.82) is 0 Å². The van der Waals surface area contributed by atoms with Crippen molar-refractivity contribution in [3.8, 4) is 5.75 Å². The zero-order chi connectivity index (χ0) is 22.7. The maximum atomic E-state index is 5.65. The van der Waals surface area contributed by atoms with Crippen molar-refractivity contribution in [1.82, 2.24) is 4.57 Å². The quantitative estimate of drug-likeness (QED) is 0.336. The van der Waals surface area contributed by atoms with Crippen LogP contribution in [0, 0.1) is 0 Å². The van der Waals surface area contributed by atoms with E-state index in [0.717, 1.165) is 18.7 Å². The SMILES string of the molecule is COc1ccc(C[n+]2ccn3c2C2c4ccccc4C3CC2(c2ccoc2)c2ccoc2)cc1. The van der Waals surface area contributed by atoms with Crippen molar-refractivity contribution in [3.05, 3.63) is 132 Å². The van der Waals surface area contributed by atoms with Crippen molar-refractivity contribution in [2.24, 2.45) is 0 Å². The van der Waals surface area contributed by atoms with Gasteiger partial charge >= 0.3 is 0 Å². The molecule has 2 bridgehead atoms. The van der Waals surface area contributed by atoms with Gasteiger partial charge in [-0.25, -0.2) is 9.13 Å². The first-order valence-corrected chi connectivity index (χ1v) is 11.7. The number of rotatable bonds is 5. The van der Waals surface area contributed by atoms with Gasteiger partial charge in [0.1, 0.15) is 36.6 Å². The number of fused-ring (bicyclic) bond motifs is 1. The molecule has 2 aromatic carbocycles. The van der Waals surface area contributed by atoms with Crippen LogP contribution in [0.2, 0.25) is 0 Å². The molecule has 0 spiro atoms. The van der Waals surface area contributed by atoms with Gasteiger partial charge in [0.15, 0.2) is 0 Å². The zero-order valence-electron chi connectivity index (χ0n) is 18.9. The first kappa shape index (κ1) is 19.5. The number of imidazole rings is 1. The fourth-order valence-electron chi connectivity index (χ4n) is 6.35. The van der Waals surface area contributed by atoms with Gasteiger partial charge in [0.05, 0.1) is 32.2 Å². The molecule has 5 nitrogen and oxygen atoms in total. The number of ether oxygens (including phenoxy) is 1. The van der Waals surface area contributed by atoms with Crippen LogP contribution >= 0.6 is 0 Å². The monoisotopic (exact) mass is 449 g/mol. The molecule has 0 saturated carbocycles. The molecule has 0 radical (unpaired) electrons. The van der Waals surface area contributed by atoms with Gasteiger partial charge in [-0.2, -0.15) is 0 Å². The van der Waals surface area contributed by atoms with E-state index in [0.29, 0.717) is 0 Å². The van der Waals surface area contributed by atoms with Crippen molar-refractivity contribution in [2.45, 2.75) is 30.3 Å². The van der Waals surface area contributed by atoms with E-state index in [1.54, 1.807) is 19.6 Å². The second-order valence-corrected chi connectivity index (χ2v) is 9.32. The molecule has 3 aliphatic rings. The Labute approximate surface area is 197 Å². The summed E-state index contributed by atoms with van der Waals surface area (Å²) >= 11 is 0. The second-order valence-electron chi connectivity index (χ2n) is 9.32. The Morgan fingerprint density at radius 1 is 0.941 bits per heavy atom. The van der Waals surface area contributed by atoms with E-state index in [1.165, 1.54) is 33.6 Å². The highest BCUT2D eigenvalue weighted by atomic mass is 16.5. The lowest BCUT2D eigenvalue weighted by atomic mass is 9.55. The summed E-state index contributed by atoms with van der Waals surface area (Å²) in [4.78, 5) is 0. The van der Waals surface area contributed by atoms with Crippen molar-refractivity contribution >= 4 is 0 Å². The molecule has 2 atom stereocenters. The Hall–Kier alpha value is -3.99. The van der Waals surface area contributed by atoms with Crippen LogP contribution in [0.15, 0.2) is 107 Å². The molecule has 8 rings (SSSR count). The van der Waals surface area contributed by atoms with Gasteiger partial charge in [-0.1, -0.05) is 36.4 Å². The van der Waals surface area contributed by atoms with Crippen LogP contribution in [-0.4, -0.2) is 11.7 Å². The Morgan fingerprint density at radius 2 is 1.65 bits per heavy atom. The molecule has 1 aliphatic carbocycles. The molecule has 34 heavy (non-hydrogen) atoms. The summed E-state index contributed by atoms with van der Waals surface area (Å²) in [5.74, 6) is 2.31. The molecule has 3 aromatic heterocycles. The fraction of sp³-hybridized carbons (Fsp3) is 0.207. The Balaban J connectivity index is 1.45. The molecule has 2 aliphatic heterocycles. The van der Waals surface area contributed by atoms with Gasteiger partial charge in [-0.3, -0.25) is 0 Å². The number of nitrogens with zero attached hydrogens (tertiary/aromatic N) is 2. The molecule has 0 fully saturated rings. The predicted octanol–water partition coefficient (Wildman–Crippen LogP) is 5.44. The Bertz CT molecular complexity index is 1410. The second kappa shape index (κ2) is 7.26. The van der Waals surface area contributed by atoms with E-state index >= 15 is 0 Å². The minimum Gasteiger partial charge on any atom is -0.497 e. The third kappa shape index (κ3) is 2.58. The van der Waals surface area contributed by atoms with Gasteiger partial charge in [0, 0.05) is 28.5 Å². The average Bonchev–Trinajstić information content (AvgIpc) is 3.67. The number of hydrogen-bond donors (Lipinski definition) is 0. The number of furan rings is 2. The van der Waals surface area contributed by atoms with Crippen molar-refractivity contribution in [2.75, 3.05) is 7.11 Å². The largest absolute Gasteiger partial charge is 0.497 e. The van der Waals surface area contributed by atoms with E-state index in [9.17, 15) is 0 Å². The van der Waals surface area contributed by atoms with Crippen LogP contribution in [0.25, 0.3) is 0 Å². The predicted molar refractivity (Wildman–Crippen MR) is 126 cm³/mol. The van der Waals surface area contributed by atoms with E-state index < -0.39 is 0 Å². The average molecular weight is 450 g/mol. The molecule has 0 saturated heterocycles. The number of methoxy groups -OCH3 is 1. The summed E-state index contributed by atoms with van der Waals surface area (Å²) in [7, 11) is 1.70. The summed E-state index contributed by atoms with van der Waals surface area (Å²) < 4.78 is 21.5. The zero-order valence-corrected chi connectivity index (χ0v) is 18.9. The smallest absolute Gasteiger partial charge is 0.266 e. The van der Waals surface area contributed by atoms with Crippen LogP contribution in [0.5, 0.6) is 5.75 Å². The molecule has 5 heterocycles. The van der Waals surface area contributed by atoms with Gasteiger partial charge < -0.3 is 13.6 Å². The Kier molecular flexibility index (Phi) is 4.16. The highest BCUT2D eigenvalue weighted by Gasteiger charge is 2.60. The lowest BCUT2D eigenvalue weighted by Crippen LogP contribution is -2.53. The highest BCUT2D eigenvalue weighted by Crippen LogP contribution is 2.61. The van der Waals surface area contributed by atoms with Crippen LogP contribution in [0.3, 0.4) is 0 Å².